The lowest BCUT2D eigenvalue weighted by Gasteiger charge is -2.43. The minimum Gasteiger partial charge on any atom is -0.0599 e. The van der Waals surface area contributed by atoms with Crippen molar-refractivity contribution in [3.8, 4) is 0 Å². The van der Waals surface area contributed by atoms with Crippen LogP contribution >= 0.6 is 0 Å². The van der Waals surface area contributed by atoms with E-state index in [1.54, 1.807) is 0 Å². The minimum atomic E-state index is 0.495. The molecule has 0 heteroatoms. The van der Waals surface area contributed by atoms with Crippen LogP contribution in [0, 0.1) is 34.5 Å². The molecule has 2 aliphatic rings. The molecule has 0 N–H and O–H groups in total. The molecule has 2 aliphatic carbocycles. The van der Waals surface area contributed by atoms with E-state index in [-0.39, 0.29) is 0 Å². The lowest BCUT2D eigenvalue weighted by molar-refractivity contribution is 0.0591. The van der Waals surface area contributed by atoms with Crippen molar-refractivity contribution in [3.05, 3.63) is 0 Å². The van der Waals surface area contributed by atoms with Crippen molar-refractivity contribution in [1.82, 2.24) is 0 Å². The first-order valence-corrected chi connectivity index (χ1v) is 7.71. The smallest absolute Gasteiger partial charge is 0.0301 e. The maximum Gasteiger partial charge on any atom is -0.0301 e. The molecule has 4 atom stereocenters. The molecule has 0 bridgehead atoms. The van der Waals surface area contributed by atoms with Gasteiger partial charge in [-0.2, -0.15) is 0 Å². The van der Waals surface area contributed by atoms with Gasteiger partial charge in [0.05, 0.1) is 0 Å². The Morgan fingerprint density at radius 1 is 0.765 bits per heavy atom. The molecular formula is C17H32. The maximum absolute atomic E-state index is 2.48. The van der Waals surface area contributed by atoms with Gasteiger partial charge in [0.25, 0.3) is 0 Å². The third-order valence-corrected chi connectivity index (χ3v) is 5.53. The van der Waals surface area contributed by atoms with Gasteiger partial charge in [-0.3, -0.25) is 0 Å². The van der Waals surface area contributed by atoms with Gasteiger partial charge in [-0.05, 0) is 47.3 Å². The summed E-state index contributed by atoms with van der Waals surface area (Å²) in [7, 11) is 0. The quantitative estimate of drug-likeness (QED) is 0.519. The van der Waals surface area contributed by atoms with Gasteiger partial charge in [-0.15, -0.1) is 0 Å². The van der Waals surface area contributed by atoms with Crippen molar-refractivity contribution >= 4 is 0 Å². The molecule has 0 aromatic rings. The predicted octanol–water partition coefficient (Wildman–Crippen LogP) is 5.52. The Balaban J connectivity index is 2.27. The summed E-state index contributed by atoms with van der Waals surface area (Å²) in [6.45, 7) is 14.8. The normalized spacial score (nSPS) is 39.2. The zero-order valence-corrected chi connectivity index (χ0v) is 12.8. The Labute approximate surface area is 109 Å². The van der Waals surface area contributed by atoms with Crippen LogP contribution in [0.1, 0.15) is 73.6 Å². The Kier molecular flexibility index (Phi) is 3.38. The molecule has 0 amide bonds. The molecule has 2 fully saturated rings. The van der Waals surface area contributed by atoms with E-state index in [2.05, 4.69) is 41.5 Å². The third-order valence-electron chi connectivity index (χ3n) is 5.53. The summed E-state index contributed by atoms with van der Waals surface area (Å²) < 4.78 is 0. The molecule has 0 radical (unpaired) electrons. The summed E-state index contributed by atoms with van der Waals surface area (Å²) in [5, 5.41) is 0. The molecule has 0 aromatic heterocycles. The van der Waals surface area contributed by atoms with Crippen molar-refractivity contribution in [1.29, 1.82) is 0 Å². The van der Waals surface area contributed by atoms with Crippen LogP contribution < -0.4 is 0 Å². The van der Waals surface area contributed by atoms with Crippen molar-refractivity contribution < 1.29 is 0 Å². The number of hydrogen-bond donors (Lipinski definition) is 0. The lowest BCUT2D eigenvalue weighted by Crippen LogP contribution is -2.36. The number of fused-ring (bicyclic) bond motifs is 1. The summed E-state index contributed by atoms with van der Waals surface area (Å²) in [5.74, 6) is 3.98. The maximum atomic E-state index is 2.48. The monoisotopic (exact) mass is 236 g/mol. The Hall–Kier alpha value is 0. The van der Waals surface area contributed by atoms with Crippen LogP contribution in [-0.4, -0.2) is 0 Å². The van der Waals surface area contributed by atoms with Crippen LogP contribution in [0.5, 0.6) is 0 Å². The van der Waals surface area contributed by atoms with Crippen molar-refractivity contribution in [2.75, 3.05) is 0 Å². The zero-order chi connectivity index (χ0) is 12.8. The van der Waals surface area contributed by atoms with Gasteiger partial charge >= 0.3 is 0 Å². The van der Waals surface area contributed by atoms with Crippen LogP contribution in [0.15, 0.2) is 0 Å². The van der Waals surface area contributed by atoms with Gasteiger partial charge in [0, 0.05) is 0 Å². The minimum absolute atomic E-state index is 0.495. The molecule has 0 saturated heterocycles. The summed E-state index contributed by atoms with van der Waals surface area (Å²) in [4.78, 5) is 0. The average Bonchev–Trinajstić information content (AvgIpc) is 2.54. The molecular weight excluding hydrogens is 204 g/mol. The first kappa shape index (κ1) is 13.4. The summed E-state index contributed by atoms with van der Waals surface area (Å²) in [6.07, 6.45) is 7.53. The van der Waals surface area contributed by atoms with Crippen molar-refractivity contribution in [3.63, 3.8) is 0 Å². The van der Waals surface area contributed by atoms with E-state index in [9.17, 15) is 0 Å². The van der Waals surface area contributed by atoms with Gasteiger partial charge in [-0.1, -0.05) is 60.8 Å². The molecule has 100 valence electrons. The van der Waals surface area contributed by atoms with Gasteiger partial charge in [-0.25, -0.2) is 0 Å². The van der Waals surface area contributed by atoms with Crippen LogP contribution in [0.2, 0.25) is 0 Å². The summed E-state index contributed by atoms with van der Waals surface area (Å²) in [5.41, 5.74) is 0.990. The first-order valence-electron chi connectivity index (χ1n) is 7.71. The van der Waals surface area contributed by atoms with Gasteiger partial charge in [0.1, 0.15) is 0 Å². The van der Waals surface area contributed by atoms with E-state index in [0.717, 1.165) is 23.7 Å². The molecule has 0 aliphatic heterocycles. The average molecular weight is 236 g/mol. The second kappa shape index (κ2) is 4.28. The standard InChI is InChI=1S/C17H32/c1-16(2,3)14-11-12-9-7-8-10-13(12)15(14)17(4,5)6/h12-15H,7-11H2,1-6H3. The molecule has 2 rings (SSSR count). The molecule has 2 saturated carbocycles. The Morgan fingerprint density at radius 2 is 1.35 bits per heavy atom. The Morgan fingerprint density at radius 3 is 1.88 bits per heavy atom. The van der Waals surface area contributed by atoms with Crippen molar-refractivity contribution in [2.45, 2.75) is 73.6 Å². The molecule has 0 nitrogen and oxygen atoms in total. The molecule has 0 aromatic carbocycles. The largest absolute Gasteiger partial charge is 0.0599 e. The Bertz CT molecular complexity index is 263. The van der Waals surface area contributed by atoms with Crippen LogP contribution in [-0.2, 0) is 0 Å². The zero-order valence-electron chi connectivity index (χ0n) is 12.8. The van der Waals surface area contributed by atoms with Crippen LogP contribution in [0.4, 0.5) is 0 Å². The molecule has 0 spiro atoms. The van der Waals surface area contributed by atoms with E-state index in [1.165, 1.54) is 32.1 Å². The van der Waals surface area contributed by atoms with E-state index in [1.807, 2.05) is 0 Å². The second-order valence-electron chi connectivity index (χ2n) is 8.81. The SMILES string of the molecule is CC(C)(C)C1CC2CCCCC2C1C(C)(C)C. The fourth-order valence-corrected chi connectivity index (χ4v) is 4.91. The van der Waals surface area contributed by atoms with E-state index >= 15 is 0 Å². The highest BCUT2D eigenvalue weighted by Crippen LogP contribution is 2.59. The summed E-state index contributed by atoms with van der Waals surface area (Å²) in [6, 6.07) is 0. The molecule has 4 unspecified atom stereocenters. The van der Waals surface area contributed by atoms with E-state index in [4.69, 9.17) is 0 Å². The summed E-state index contributed by atoms with van der Waals surface area (Å²) >= 11 is 0. The van der Waals surface area contributed by atoms with Crippen LogP contribution in [0.3, 0.4) is 0 Å². The number of hydrogen-bond acceptors (Lipinski definition) is 0. The lowest BCUT2D eigenvalue weighted by atomic mass is 9.62. The molecule has 0 heterocycles. The highest BCUT2D eigenvalue weighted by Gasteiger charge is 2.51. The fourth-order valence-electron chi connectivity index (χ4n) is 4.91. The van der Waals surface area contributed by atoms with Gasteiger partial charge in [0.2, 0.25) is 0 Å². The van der Waals surface area contributed by atoms with Gasteiger partial charge < -0.3 is 0 Å². The van der Waals surface area contributed by atoms with Crippen LogP contribution in [0.25, 0.3) is 0 Å². The van der Waals surface area contributed by atoms with Crippen molar-refractivity contribution in [2.24, 2.45) is 34.5 Å². The van der Waals surface area contributed by atoms with Gasteiger partial charge in [0.15, 0.2) is 0 Å². The topological polar surface area (TPSA) is 0 Å². The third kappa shape index (κ3) is 2.56. The highest BCUT2D eigenvalue weighted by atomic mass is 14.6. The van der Waals surface area contributed by atoms with E-state index in [0.29, 0.717) is 10.8 Å². The second-order valence-corrected chi connectivity index (χ2v) is 8.81. The highest BCUT2D eigenvalue weighted by molar-refractivity contribution is 5.00. The predicted molar refractivity (Wildman–Crippen MR) is 76.0 cm³/mol. The number of rotatable bonds is 0. The fraction of sp³-hybridized carbons (Fsp3) is 1.00. The van der Waals surface area contributed by atoms with E-state index < -0.39 is 0 Å². The molecule has 17 heavy (non-hydrogen) atoms. The first-order chi connectivity index (χ1) is 7.71.